The zero-order valence-electron chi connectivity index (χ0n) is 18.8. The number of benzene rings is 1. The molecule has 0 atom stereocenters. The number of alkyl halides is 2. The SMILES string of the molecule is COc1ccc(Cl)cc1-c1nn(CCN2CCC(F)(F)C2)cc1NC(=O)c1cnn2cccnc12. The Balaban J connectivity index is 1.46. The summed E-state index contributed by atoms with van der Waals surface area (Å²) in [4.78, 5) is 19.1. The summed E-state index contributed by atoms with van der Waals surface area (Å²) in [6, 6.07) is 6.81. The van der Waals surface area contributed by atoms with Gasteiger partial charge >= 0.3 is 0 Å². The van der Waals surface area contributed by atoms with Crippen LogP contribution in [0.2, 0.25) is 5.02 Å². The highest BCUT2D eigenvalue weighted by Crippen LogP contribution is 2.36. The second-order valence-electron chi connectivity index (χ2n) is 8.28. The fraction of sp³-hybridized carbons (Fsp3) is 0.304. The molecule has 1 N–H and O–H groups in total. The summed E-state index contributed by atoms with van der Waals surface area (Å²) in [6.45, 7) is 0.817. The van der Waals surface area contributed by atoms with Crippen LogP contribution in [0.3, 0.4) is 0 Å². The lowest BCUT2D eigenvalue weighted by Crippen LogP contribution is -2.28. The van der Waals surface area contributed by atoms with Gasteiger partial charge in [-0.05, 0) is 24.3 Å². The standard InChI is InChI=1S/C23H22ClF2N7O2/c1-35-19-4-3-15(24)11-16(19)20-18(13-32(30-20)10-9-31-8-5-23(25,26)14-31)29-22(34)17-12-28-33-7-2-6-27-21(17)33/h2-4,6-7,11-13H,5,8-10,14H2,1H3,(H,29,34). The Bertz CT molecular complexity index is 1390. The largest absolute Gasteiger partial charge is 0.496 e. The summed E-state index contributed by atoms with van der Waals surface area (Å²) in [7, 11) is 1.53. The lowest BCUT2D eigenvalue weighted by Gasteiger charge is -2.15. The van der Waals surface area contributed by atoms with E-state index in [1.54, 1.807) is 52.4 Å². The first-order valence-corrected chi connectivity index (χ1v) is 11.3. The average Bonchev–Trinajstić information content (AvgIpc) is 3.54. The molecule has 182 valence electrons. The van der Waals surface area contributed by atoms with E-state index in [-0.39, 0.29) is 13.0 Å². The molecule has 0 saturated carbocycles. The molecule has 0 bridgehead atoms. The minimum Gasteiger partial charge on any atom is -0.496 e. The van der Waals surface area contributed by atoms with E-state index in [1.165, 1.54) is 17.8 Å². The number of rotatable bonds is 7. The van der Waals surface area contributed by atoms with Crippen molar-refractivity contribution in [2.75, 3.05) is 32.1 Å². The van der Waals surface area contributed by atoms with Crippen molar-refractivity contribution < 1.29 is 18.3 Å². The molecule has 3 aromatic heterocycles. The normalized spacial score (nSPS) is 15.5. The molecule has 0 aliphatic carbocycles. The molecule has 1 amide bonds. The van der Waals surface area contributed by atoms with Crippen molar-refractivity contribution in [2.45, 2.75) is 18.9 Å². The Morgan fingerprint density at radius 3 is 2.94 bits per heavy atom. The molecule has 0 spiro atoms. The molecule has 4 heterocycles. The van der Waals surface area contributed by atoms with Crippen molar-refractivity contribution in [1.29, 1.82) is 0 Å². The van der Waals surface area contributed by atoms with Gasteiger partial charge in [-0.1, -0.05) is 11.6 Å². The second kappa shape index (κ2) is 9.23. The first kappa shape index (κ1) is 23.2. The van der Waals surface area contributed by atoms with E-state index in [0.29, 0.717) is 58.6 Å². The van der Waals surface area contributed by atoms with Gasteiger partial charge in [0.1, 0.15) is 17.0 Å². The molecule has 0 unspecified atom stereocenters. The van der Waals surface area contributed by atoms with Crippen LogP contribution in [0.1, 0.15) is 16.8 Å². The zero-order chi connectivity index (χ0) is 24.6. The third-order valence-electron chi connectivity index (χ3n) is 5.84. The number of likely N-dealkylation sites (tertiary alicyclic amines) is 1. The van der Waals surface area contributed by atoms with Crippen LogP contribution in [0, 0.1) is 0 Å². The fourth-order valence-electron chi connectivity index (χ4n) is 4.11. The highest BCUT2D eigenvalue weighted by molar-refractivity contribution is 6.31. The van der Waals surface area contributed by atoms with Gasteiger partial charge in [-0.3, -0.25) is 14.4 Å². The van der Waals surface area contributed by atoms with E-state index in [9.17, 15) is 13.6 Å². The third kappa shape index (κ3) is 4.82. The molecular weight excluding hydrogens is 480 g/mol. The molecule has 1 aliphatic heterocycles. The Kier molecular flexibility index (Phi) is 6.12. The number of halogens is 3. The number of hydrogen-bond acceptors (Lipinski definition) is 6. The molecule has 0 radical (unpaired) electrons. The predicted octanol–water partition coefficient (Wildman–Crippen LogP) is 3.85. The molecule has 4 aromatic rings. The third-order valence-corrected chi connectivity index (χ3v) is 6.08. The second-order valence-corrected chi connectivity index (χ2v) is 8.72. The summed E-state index contributed by atoms with van der Waals surface area (Å²) < 4.78 is 35.7. The molecule has 1 aliphatic rings. The Labute approximate surface area is 204 Å². The van der Waals surface area contributed by atoms with E-state index in [0.717, 1.165) is 0 Å². The maximum atomic E-state index is 13.6. The van der Waals surface area contributed by atoms with Crippen LogP contribution in [0.5, 0.6) is 5.75 Å². The van der Waals surface area contributed by atoms with Crippen LogP contribution in [0.25, 0.3) is 16.9 Å². The van der Waals surface area contributed by atoms with Crippen molar-refractivity contribution in [3.63, 3.8) is 0 Å². The van der Waals surface area contributed by atoms with Gasteiger partial charge in [0, 0.05) is 48.7 Å². The monoisotopic (exact) mass is 501 g/mol. The molecule has 5 rings (SSSR count). The highest BCUT2D eigenvalue weighted by Gasteiger charge is 2.37. The first-order valence-electron chi connectivity index (χ1n) is 10.9. The minimum atomic E-state index is -2.66. The van der Waals surface area contributed by atoms with Crippen molar-refractivity contribution >= 4 is 28.8 Å². The number of carbonyl (C=O) groups is 1. The van der Waals surface area contributed by atoms with Crippen LogP contribution in [0.4, 0.5) is 14.5 Å². The molecule has 1 fully saturated rings. The summed E-state index contributed by atoms with van der Waals surface area (Å²) in [5, 5.41) is 12.2. The van der Waals surface area contributed by atoms with E-state index in [2.05, 4.69) is 20.5 Å². The van der Waals surface area contributed by atoms with Gasteiger partial charge in [0.15, 0.2) is 5.65 Å². The van der Waals surface area contributed by atoms with Gasteiger partial charge in [-0.25, -0.2) is 18.3 Å². The maximum absolute atomic E-state index is 13.6. The molecule has 12 heteroatoms. The van der Waals surface area contributed by atoms with Crippen LogP contribution >= 0.6 is 11.6 Å². The van der Waals surface area contributed by atoms with Gasteiger partial charge in [-0.15, -0.1) is 0 Å². The topological polar surface area (TPSA) is 89.6 Å². The summed E-state index contributed by atoms with van der Waals surface area (Å²) >= 11 is 6.23. The van der Waals surface area contributed by atoms with Crippen LogP contribution in [-0.2, 0) is 6.54 Å². The number of methoxy groups -OCH3 is 1. The van der Waals surface area contributed by atoms with E-state index in [1.807, 2.05) is 0 Å². The molecule has 1 aromatic carbocycles. The fourth-order valence-corrected chi connectivity index (χ4v) is 4.28. The minimum absolute atomic E-state index is 0.147. The number of fused-ring (bicyclic) bond motifs is 1. The highest BCUT2D eigenvalue weighted by atomic mass is 35.5. The van der Waals surface area contributed by atoms with Gasteiger partial charge in [0.2, 0.25) is 0 Å². The molecule has 1 saturated heterocycles. The molecular formula is C23H22ClF2N7O2. The smallest absolute Gasteiger partial charge is 0.261 e. The van der Waals surface area contributed by atoms with Crippen molar-refractivity contribution in [3.8, 4) is 17.0 Å². The summed E-state index contributed by atoms with van der Waals surface area (Å²) in [5.74, 6) is -2.56. The van der Waals surface area contributed by atoms with E-state index < -0.39 is 11.8 Å². The maximum Gasteiger partial charge on any atom is 0.261 e. The van der Waals surface area contributed by atoms with Crippen LogP contribution < -0.4 is 10.1 Å². The average molecular weight is 502 g/mol. The van der Waals surface area contributed by atoms with Gasteiger partial charge in [0.05, 0.1) is 32.1 Å². The quantitative estimate of drug-likeness (QED) is 0.414. The Morgan fingerprint density at radius 1 is 1.31 bits per heavy atom. The number of carbonyl (C=O) groups excluding carboxylic acids is 1. The number of anilines is 1. The molecule has 35 heavy (non-hydrogen) atoms. The number of ether oxygens (including phenoxy) is 1. The van der Waals surface area contributed by atoms with E-state index >= 15 is 0 Å². The van der Waals surface area contributed by atoms with Crippen molar-refractivity contribution in [2.24, 2.45) is 0 Å². The molecule has 9 nitrogen and oxygen atoms in total. The summed E-state index contributed by atoms with van der Waals surface area (Å²) in [6.07, 6.45) is 6.24. The van der Waals surface area contributed by atoms with Crippen molar-refractivity contribution in [1.82, 2.24) is 29.3 Å². The Morgan fingerprint density at radius 2 is 2.17 bits per heavy atom. The van der Waals surface area contributed by atoms with Crippen molar-refractivity contribution in [3.05, 3.63) is 59.6 Å². The van der Waals surface area contributed by atoms with Crippen LogP contribution in [0.15, 0.2) is 49.1 Å². The lowest BCUT2D eigenvalue weighted by molar-refractivity contribution is 0.0119. The van der Waals surface area contributed by atoms with Gasteiger partial charge in [-0.2, -0.15) is 10.2 Å². The first-order chi connectivity index (χ1) is 16.8. The van der Waals surface area contributed by atoms with E-state index in [4.69, 9.17) is 16.3 Å². The zero-order valence-corrected chi connectivity index (χ0v) is 19.5. The number of nitrogens with zero attached hydrogens (tertiary/aromatic N) is 6. The summed E-state index contributed by atoms with van der Waals surface area (Å²) in [5.41, 5.74) is 2.14. The van der Waals surface area contributed by atoms with Gasteiger partial charge < -0.3 is 10.1 Å². The number of amides is 1. The number of hydrogen-bond donors (Lipinski definition) is 1. The predicted molar refractivity (Wildman–Crippen MR) is 126 cm³/mol. The number of nitrogens with one attached hydrogen (secondary N) is 1. The number of aromatic nitrogens is 5. The lowest BCUT2D eigenvalue weighted by atomic mass is 10.1. The van der Waals surface area contributed by atoms with Gasteiger partial charge in [0.25, 0.3) is 11.8 Å². The Hall–Kier alpha value is -3.57. The van der Waals surface area contributed by atoms with Crippen LogP contribution in [-0.4, -0.2) is 67.9 Å².